The number of aliphatic carboxylic acids is 2. The van der Waals surface area contributed by atoms with Crippen LogP contribution in [0.4, 0.5) is 32.0 Å². The molecule has 52 heavy (non-hydrogen) atoms. The Morgan fingerprint density at radius 3 is 1.83 bits per heavy atom. The number of esters is 1. The number of benzene rings is 2. The summed E-state index contributed by atoms with van der Waals surface area (Å²) in [6.45, 7) is 9.09. The normalized spacial score (nSPS) is 18.1. The molecule has 3 heterocycles. The van der Waals surface area contributed by atoms with E-state index >= 15 is 0 Å². The molecule has 282 valence electrons. The molecule has 18 heteroatoms. The highest BCUT2D eigenvalue weighted by Crippen LogP contribution is 2.31. The first-order valence-electron chi connectivity index (χ1n) is 16.3. The first-order valence-corrected chi connectivity index (χ1v) is 17.1. The zero-order valence-corrected chi connectivity index (χ0v) is 29.0. The molecule has 4 aromatic rings. The standard InChI is InChI=1S/C30H35N5O2S.2C2HF3O2/c1-3-37-29(36)24-8-6-22(7-9-24)27-20-35-30(31-27)38-28(32-35)23-10-14-26(15-11-23)34-18-16-33(17-19-34)25-12-4-21(2)5-13-25;2*3-2(4,5)1(6)7/h6-11,14-15,20-21,25H,3-5,12-13,16-19H2,1-2H3;2*(H,6,7). The summed E-state index contributed by atoms with van der Waals surface area (Å²) < 4.78 is 70.4. The molecule has 1 aliphatic heterocycles. The van der Waals surface area contributed by atoms with Gasteiger partial charge in [0.05, 0.1) is 24.1 Å². The summed E-state index contributed by atoms with van der Waals surface area (Å²) in [7, 11) is 0. The third-order valence-electron chi connectivity index (χ3n) is 8.52. The van der Waals surface area contributed by atoms with E-state index in [1.807, 2.05) is 22.8 Å². The molecule has 0 bridgehead atoms. The Labute approximate surface area is 298 Å². The number of carboxylic acids is 2. The van der Waals surface area contributed by atoms with Gasteiger partial charge in [-0.3, -0.25) is 4.90 Å². The molecule has 0 spiro atoms. The van der Waals surface area contributed by atoms with E-state index in [4.69, 9.17) is 34.6 Å². The van der Waals surface area contributed by atoms with Crippen molar-refractivity contribution in [3.8, 4) is 21.8 Å². The number of piperazine rings is 1. The van der Waals surface area contributed by atoms with E-state index in [0.717, 1.165) is 51.8 Å². The number of hydrogen-bond donors (Lipinski definition) is 2. The van der Waals surface area contributed by atoms with Gasteiger partial charge in [-0.25, -0.2) is 23.9 Å². The highest BCUT2D eigenvalue weighted by molar-refractivity contribution is 7.19. The molecule has 2 aromatic heterocycles. The van der Waals surface area contributed by atoms with Crippen LogP contribution < -0.4 is 4.90 Å². The smallest absolute Gasteiger partial charge is 0.475 e. The Hall–Kier alpha value is -4.71. The fourth-order valence-electron chi connectivity index (χ4n) is 5.72. The molecule has 11 nitrogen and oxygen atoms in total. The molecular weight excluding hydrogens is 720 g/mol. The maximum absolute atomic E-state index is 11.9. The fourth-order valence-corrected chi connectivity index (χ4v) is 6.60. The summed E-state index contributed by atoms with van der Waals surface area (Å²) >= 11 is 1.58. The van der Waals surface area contributed by atoms with E-state index in [2.05, 4.69) is 41.0 Å². The van der Waals surface area contributed by atoms with Gasteiger partial charge in [0.2, 0.25) is 4.96 Å². The van der Waals surface area contributed by atoms with Crippen LogP contribution in [0, 0.1) is 5.92 Å². The Bertz CT molecular complexity index is 1740. The Morgan fingerprint density at radius 2 is 1.35 bits per heavy atom. The third-order valence-corrected chi connectivity index (χ3v) is 9.49. The van der Waals surface area contributed by atoms with Crippen LogP contribution in [0.2, 0.25) is 0 Å². The maximum atomic E-state index is 11.9. The van der Waals surface area contributed by atoms with E-state index < -0.39 is 24.3 Å². The van der Waals surface area contributed by atoms with Crippen molar-refractivity contribution in [1.29, 1.82) is 0 Å². The molecule has 1 saturated heterocycles. The summed E-state index contributed by atoms with van der Waals surface area (Å²) in [4.78, 5) is 40.6. The maximum Gasteiger partial charge on any atom is 0.490 e. The Kier molecular flexibility index (Phi) is 13.3. The average Bonchev–Trinajstić information content (AvgIpc) is 3.69. The van der Waals surface area contributed by atoms with Crippen LogP contribution in [-0.4, -0.2) is 98.8 Å². The number of aromatic nitrogens is 3. The summed E-state index contributed by atoms with van der Waals surface area (Å²) in [5.41, 5.74) is 4.73. The third kappa shape index (κ3) is 10.9. The number of rotatable bonds is 6. The molecular formula is C34H37F6N5O6S. The molecule has 1 aliphatic carbocycles. The lowest BCUT2D eigenvalue weighted by atomic mass is 9.86. The summed E-state index contributed by atoms with van der Waals surface area (Å²) in [5, 5.41) is 20.0. The number of hydrogen-bond acceptors (Lipinski definition) is 9. The Balaban J connectivity index is 0.000000367. The second-order valence-corrected chi connectivity index (χ2v) is 13.1. The predicted molar refractivity (Wildman–Crippen MR) is 180 cm³/mol. The number of imidazole rings is 1. The van der Waals surface area contributed by atoms with Gasteiger partial charge in [0.1, 0.15) is 5.01 Å². The van der Waals surface area contributed by atoms with E-state index in [9.17, 15) is 31.1 Å². The predicted octanol–water partition coefficient (Wildman–Crippen LogP) is 7.27. The molecule has 1 saturated carbocycles. The van der Waals surface area contributed by atoms with Crippen molar-refractivity contribution < 1.29 is 55.7 Å². The average molecular weight is 758 g/mol. The first-order chi connectivity index (χ1) is 24.5. The zero-order valence-electron chi connectivity index (χ0n) is 28.2. The van der Waals surface area contributed by atoms with E-state index in [1.54, 1.807) is 30.4 Å². The van der Waals surface area contributed by atoms with Gasteiger partial charge in [0, 0.05) is 49.0 Å². The van der Waals surface area contributed by atoms with Crippen molar-refractivity contribution in [1.82, 2.24) is 19.5 Å². The van der Waals surface area contributed by atoms with Gasteiger partial charge < -0.3 is 19.8 Å². The highest BCUT2D eigenvalue weighted by atomic mass is 32.1. The number of nitrogens with zero attached hydrogens (tertiary/aromatic N) is 5. The Morgan fingerprint density at radius 1 is 0.827 bits per heavy atom. The largest absolute Gasteiger partial charge is 0.490 e. The van der Waals surface area contributed by atoms with Crippen molar-refractivity contribution in [2.24, 2.45) is 5.92 Å². The molecule has 0 atom stereocenters. The van der Waals surface area contributed by atoms with Crippen LogP contribution in [0.1, 0.15) is 49.9 Å². The van der Waals surface area contributed by atoms with E-state index in [0.29, 0.717) is 12.2 Å². The number of ether oxygens (including phenoxy) is 1. The molecule has 0 unspecified atom stereocenters. The number of carboxylic acid groups (broad SMARTS) is 2. The van der Waals surface area contributed by atoms with Crippen LogP contribution in [0.15, 0.2) is 54.7 Å². The lowest BCUT2D eigenvalue weighted by molar-refractivity contribution is -0.193. The second-order valence-electron chi connectivity index (χ2n) is 12.1. The number of carbonyl (C=O) groups is 3. The van der Waals surface area contributed by atoms with Gasteiger partial charge in [-0.1, -0.05) is 30.4 Å². The first kappa shape index (κ1) is 40.1. The van der Waals surface area contributed by atoms with Gasteiger partial charge in [0.25, 0.3) is 0 Å². The monoisotopic (exact) mass is 757 g/mol. The van der Waals surface area contributed by atoms with Gasteiger partial charge in [-0.15, -0.1) is 0 Å². The minimum atomic E-state index is -5.08. The topological polar surface area (TPSA) is 138 Å². The van der Waals surface area contributed by atoms with Crippen LogP contribution in [0.5, 0.6) is 0 Å². The molecule has 2 fully saturated rings. The molecule has 6 rings (SSSR count). The van der Waals surface area contributed by atoms with Gasteiger partial charge >= 0.3 is 30.3 Å². The van der Waals surface area contributed by atoms with Crippen LogP contribution in [-0.2, 0) is 14.3 Å². The van der Waals surface area contributed by atoms with Crippen molar-refractivity contribution >= 4 is 39.9 Å². The quantitative estimate of drug-likeness (QED) is 0.153. The van der Waals surface area contributed by atoms with Crippen molar-refractivity contribution in [3.63, 3.8) is 0 Å². The summed E-state index contributed by atoms with van der Waals surface area (Å²) in [6.07, 6.45) is -2.71. The number of fused-ring (bicyclic) bond motifs is 1. The lowest BCUT2D eigenvalue weighted by Gasteiger charge is -2.42. The molecule has 2 aromatic carbocycles. The second kappa shape index (κ2) is 17.2. The van der Waals surface area contributed by atoms with E-state index in [-0.39, 0.29) is 5.97 Å². The van der Waals surface area contributed by atoms with Crippen LogP contribution in [0.3, 0.4) is 0 Å². The van der Waals surface area contributed by atoms with Gasteiger partial charge in [-0.05, 0) is 74.9 Å². The minimum Gasteiger partial charge on any atom is -0.475 e. The van der Waals surface area contributed by atoms with Gasteiger partial charge in [0.15, 0.2) is 0 Å². The number of carbonyl (C=O) groups excluding carboxylic acids is 1. The van der Waals surface area contributed by atoms with Crippen molar-refractivity contribution in [2.75, 3.05) is 37.7 Å². The molecule has 0 amide bonds. The summed E-state index contributed by atoms with van der Waals surface area (Å²) in [5.74, 6) is -4.91. The molecule has 2 N–H and O–H groups in total. The number of alkyl halides is 6. The number of halogens is 6. The minimum absolute atomic E-state index is 0.307. The number of anilines is 1. The highest BCUT2D eigenvalue weighted by Gasteiger charge is 2.39. The van der Waals surface area contributed by atoms with Gasteiger partial charge in [-0.2, -0.15) is 31.4 Å². The molecule has 0 radical (unpaired) electrons. The lowest BCUT2D eigenvalue weighted by Crippen LogP contribution is -2.51. The summed E-state index contributed by atoms with van der Waals surface area (Å²) in [6, 6.07) is 17.0. The van der Waals surface area contributed by atoms with Crippen molar-refractivity contribution in [3.05, 3.63) is 60.3 Å². The zero-order chi connectivity index (χ0) is 38.2. The molecule has 2 aliphatic rings. The SMILES string of the molecule is CCOC(=O)c1ccc(-c2cn3nc(-c4ccc(N5CCN(C6CCC(C)CC6)CC5)cc4)sc3n2)cc1.O=C(O)C(F)(F)F.O=C(O)C(F)(F)F. The van der Waals surface area contributed by atoms with Crippen LogP contribution >= 0.6 is 11.3 Å². The van der Waals surface area contributed by atoms with E-state index in [1.165, 1.54) is 44.5 Å². The van der Waals surface area contributed by atoms with Crippen LogP contribution in [0.25, 0.3) is 26.8 Å². The fraction of sp³-hybridized carbons (Fsp3) is 0.441. The van der Waals surface area contributed by atoms with Crippen molar-refractivity contribution in [2.45, 2.75) is 57.9 Å².